The number of carboxylic acids is 1. The summed E-state index contributed by atoms with van der Waals surface area (Å²) in [4.78, 5) is 40.6. The van der Waals surface area contributed by atoms with Crippen molar-refractivity contribution in [1.29, 1.82) is 0 Å². The van der Waals surface area contributed by atoms with E-state index in [1.165, 1.54) is 5.01 Å². The van der Waals surface area contributed by atoms with E-state index in [1.807, 2.05) is 37.3 Å². The summed E-state index contributed by atoms with van der Waals surface area (Å²) in [5.74, 6) is -1.42. The van der Waals surface area contributed by atoms with Crippen molar-refractivity contribution in [3.63, 3.8) is 0 Å². The third kappa shape index (κ3) is 7.53. The van der Waals surface area contributed by atoms with Crippen molar-refractivity contribution < 1.29 is 19.5 Å². The van der Waals surface area contributed by atoms with Crippen LogP contribution < -0.4 is 16.5 Å². The molecule has 1 aliphatic rings. The molecule has 2 amide bonds. The van der Waals surface area contributed by atoms with Gasteiger partial charge in [-0.15, -0.1) is 0 Å². The van der Waals surface area contributed by atoms with E-state index >= 15 is 0 Å². The van der Waals surface area contributed by atoms with Crippen LogP contribution in [0.1, 0.15) is 38.7 Å². The second kappa shape index (κ2) is 11.8. The first-order valence-electron chi connectivity index (χ1n) is 10.4. The minimum Gasteiger partial charge on any atom is -0.480 e. The number of amidine groups is 1. The van der Waals surface area contributed by atoms with Gasteiger partial charge in [0, 0.05) is 13.0 Å². The second-order valence-corrected chi connectivity index (χ2v) is 7.46. The van der Waals surface area contributed by atoms with Crippen molar-refractivity contribution >= 4 is 23.6 Å². The van der Waals surface area contributed by atoms with Gasteiger partial charge in [-0.05, 0) is 38.7 Å². The molecule has 9 heteroatoms. The Morgan fingerprint density at radius 2 is 2.06 bits per heavy atom. The van der Waals surface area contributed by atoms with Gasteiger partial charge in [0.15, 0.2) is 0 Å². The molecule has 0 spiro atoms. The van der Waals surface area contributed by atoms with E-state index in [1.54, 1.807) is 19.1 Å². The highest BCUT2D eigenvalue weighted by atomic mass is 16.4. The van der Waals surface area contributed by atoms with Crippen molar-refractivity contribution in [2.75, 3.05) is 6.54 Å². The highest BCUT2D eigenvalue weighted by Crippen LogP contribution is 2.11. The fourth-order valence-corrected chi connectivity index (χ4v) is 3.28. The molecular weight excluding hydrogens is 398 g/mol. The summed E-state index contributed by atoms with van der Waals surface area (Å²) in [7, 11) is 0. The van der Waals surface area contributed by atoms with E-state index in [0.29, 0.717) is 25.8 Å². The largest absolute Gasteiger partial charge is 0.480 e. The van der Waals surface area contributed by atoms with E-state index in [4.69, 9.17) is 5.73 Å². The van der Waals surface area contributed by atoms with Crippen molar-refractivity contribution in [1.82, 2.24) is 15.8 Å². The maximum absolute atomic E-state index is 12.8. The van der Waals surface area contributed by atoms with Gasteiger partial charge in [0.25, 0.3) is 5.91 Å². The van der Waals surface area contributed by atoms with Gasteiger partial charge in [0.2, 0.25) is 5.91 Å². The van der Waals surface area contributed by atoms with Gasteiger partial charge in [0.1, 0.15) is 17.9 Å². The first kappa shape index (κ1) is 24.1. The lowest BCUT2D eigenvalue weighted by molar-refractivity contribution is -0.147. The maximum Gasteiger partial charge on any atom is 0.322 e. The number of hydrogen-bond donors (Lipinski definition) is 4. The zero-order valence-electron chi connectivity index (χ0n) is 18.0. The molecule has 0 radical (unpaired) electrons. The minimum atomic E-state index is -1.00. The van der Waals surface area contributed by atoms with Crippen LogP contribution in [0.3, 0.4) is 0 Å². The molecule has 1 saturated heterocycles. The molecule has 1 aromatic carbocycles. The van der Waals surface area contributed by atoms with Crippen molar-refractivity contribution in [2.24, 2.45) is 10.7 Å². The second-order valence-electron chi connectivity index (χ2n) is 7.46. The number of carboxylic acid groups (broad SMARTS) is 1. The third-order valence-corrected chi connectivity index (χ3v) is 4.96. The van der Waals surface area contributed by atoms with Crippen LogP contribution in [0.5, 0.6) is 0 Å². The molecule has 1 fully saturated rings. The first-order valence-corrected chi connectivity index (χ1v) is 10.4. The van der Waals surface area contributed by atoms with Crippen molar-refractivity contribution in [2.45, 2.75) is 57.7 Å². The average molecular weight is 430 g/mol. The number of nitrogens with two attached hydrogens (primary N) is 1. The van der Waals surface area contributed by atoms with E-state index < -0.39 is 24.1 Å². The molecule has 0 aliphatic carbocycles. The smallest absolute Gasteiger partial charge is 0.322 e. The fourth-order valence-electron chi connectivity index (χ4n) is 3.28. The first-order chi connectivity index (χ1) is 14.8. The fraction of sp³-hybridized carbons (Fsp3) is 0.455. The Bertz CT molecular complexity index is 824. The SMILES string of the molecule is C/C=C/CC(=O)NC(Cc1ccccc1)C(N)=NC(C)C(=O)N1CCC[C@@H](C(=O)O)N1. The number of amides is 2. The predicted molar refractivity (Wildman–Crippen MR) is 118 cm³/mol. The standard InChI is InChI=1S/C22H31N5O4/c1-3-4-12-19(28)25-18(14-16-9-6-5-7-10-16)20(23)24-15(2)21(29)27-13-8-11-17(26-27)22(30)31/h3-7,9-10,15,17-18,26H,8,11-14H2,1-2H3,(H2,23,24)(H,25,28)(H,30,31)/b4-3+/t15?,17-,18?/m0/s1. The van der Waals surface area contributed by atoms with Crippen LogP contribution in [-0.2, 0) is 20.8 Å². The number of aliphatic carboxylic acids is 1. The lowest BCUT2D eigenvalue weighted by Gasteiger charge is -2.33. The minimum absolute atomic E-state index is 0.144. The Balaban J connectivity index is 2.12. The molecule has 2 rings (SSSR count). The molecule has 9 nitrogen and oxygen atoms in total. The van der Waals surface area contributed by atoms with Gasteiger partial charge in [-0.25, -0.2) is 5.43 Å². The Morgan fingerprint density at radius 1 is 1.35 bits per heavy atom. The molecule has 3 atom stereocenters. The number of aliphatic imine (C=N–C) groups is 1. The van der Waals surface area contributed by atoms with Gasteiger partial charge >= 0.3 is 5.97 Å². The predicted octanol–water partition coefficient (Wildman–Crippen LogP) is 1.01. The zero-order chi connectivity index (χ0) is 22.8. The Hall–Kier alpha value is -3.20. The highest BCUT2D eigenvalue weighted by Gasteiger charge is 2.30. The number of nitrogens with one attached hydrogen (secondary N) is 2. The van der Waals surface area contributed by atoms with Gasteiger partial charge in [-0.2, -0.15) is 0 Å². The number of allylic oxidation sites excluding steroid dienone is 1. The van der Waals surface area contributed by atoms with Crippen LogP contribution in [0, 0.1) is 0 Å². The van der Waals surface area contributed by atoms with Crippen LogP contribution >= 0.6 is 0 Å². The number of nitrogens with zero attached hydrogens (tertiary/aromatic N) is 2. The van der Waals surface area contributed by atoms with E-state index in [-0.39, 0.29) is 24.1 Å². The molecule has 0 aromatic heterocycles. The number of carbonyl (C=O) groups is 3. The molecule has 0 saturated carbocycles. The number of hydrogen-bond acceptors (Lipinski definition) is 5. The Morgan fingerprint density at radius 3 is 2.71 bits per heavy atom. The van der Waals surface area contributed by atoms with Gasteiger partial charge < -0.3 is 16.2 Å². The number of hydrazine groups is 1. The molecule has 5 N–H and O–H groups in total. The summed E-state index contributed by atoms with van der Waals surface area (Å²) in [6.45, 7) is 3.83. The van der Waals surface area contributed by atoms with Crippen LogP contribution in [0.4, 0.5) is 0 Å². The van der Waals surface area contributed by atoms with E-state index in [2.05, 4.69) is 15.7 Å². The summed E-state index contributed by atoms with van der Waals surface area (Å²) < 4.78 is 0. The normalized spacial score (nSPS) is 19.1. The maximum atomic E-state index is 12.8. The van der Waals surface area contributed by atoms with Gasteiger partial charge in [-0.1, -0.05) is 42.5 Å². The van der Waals surface area contributed by atoms with Crippen molar-refractivity contribution in [3.05, 3.63) is 48.0 Å². The summed E-state index contributed by atoms with van der Waals surface area (Å²) in [6.07, 6.45) is 5.23. The van der Waals surface area contributed by atoms with Crippen LogP contribution in [0.2, 0.25) is 0 Å². The lowest BCUT2D eigenvalue weighted by Crippen LogP contribution is -2.57. The summed E-state index contributed by atoms with van der Waals surface area (Å²) in [5.41, 5.74) is 9.92. The molecule has 0 bridgehead atoms. The van der Waals surface area contributed by atoms with Gasteiger partial charge in [0.05, 0.1) is 6.04 Å². The molecule has 31 heavy (non-hydrogen) atoms. The highest BCUT2D eigenvalue weighted by molar-refractivity contribution is 5.93. The number of carbonyl (C=O) groups excluding carboxylic acids is 2. The lowest BCUT2D eigenvalue weighted by atomic mass is 10.0. The summed E-state index contributed by atoms with van der Waals surface area (Å²) in [5, 5.41) is 13.4. The molecular formula is C22H31N5O4. The molecule has 168 valence electrons. The molecule has 1 aromatic rings. The van der Waals surface area contributed by atoms with E-state index in [9.17, 15) is 19.5 Å². The van der Waals surface area contributed by atoms with Crippen LogP contribution in [-0.4, -0.2) is 58.4 Å². The van der Waals surface area contributed by atoms with Crippen molar-refractivity contribution in [3.8, 4) is 0 Å². The van der Waals surface area contributed by atoms with Crippen LogP contribution in [0.15, 0.2) is 47.5 Å². The monoisotopic (exact) mass is 429 g/mol. The zero-order valence-corrected chi connectivity index (χ0v) is 18.0. The topological polar surface area (TPSA) is 137 Å². The van der Waals surface area contributed by atoms with Crippen LogP contribution in [0.25, 0.3) is 0 Å². The van der Waals surface area contributed by atoms with E-state index in [0.717, 1.165) is 5.56 Å². The summed E-state index contributed by atoms with van der Waals surface area (Å²) >= 11 is 0. The average Bonchev–Trinajstić information content (AvgIpc) is 2.77. The Kier molecular flexibility index (Phi) is 9.20. The number of rotatable bonds is 9. The molecule has 1 heterocycles. The quantitative estimate of drug-likeness (QED) is 0.263. The van der Waals surface area contributed by atoms with Gasteiger partial charge in [-0.3, -0.25) is 24.4 Å². The molecule has 2 unspecified atom stereocenters. The molecule has 1 aliphatic heterocycles. The summed E-state index contributed by atoms with van der Waals surface area (Å²) in [6, 6.07) is 7.35. The third-order valence-electron chi connectivity index (χ3n) is 4.96. The Labute approximate surface area is 182 Å². The number of benzene rings is 1.